The van der Waals surface area contributed by atoms with Crippen molar-refractivity contribution < 1.29 is 13.3 Å². The Hall–Kier alpha value is -1.58. The molecule has 0 bridgehead atoms. The number of hydrogen-bond donors (Lipinski definition) is 1. The Morgan fingerprint density at radius 2 is 2.26 bits per heavy atom. The van der Waals surface area contributed by atoms with Crippen LogP contribution in [-0.4, -0.2) is 48.3 Å². The second-order valence-corrected chi connectivity index (χ2v) is 6.12. The molecule has 1 aromatic rings. The van der Waals surface area contributed by atoms with Crippen molar-refractivity contribution in [2.75, 3.05) is 19.6 Å². The standard InChI is InChI=1S/C10H14N4O4S/c1-8-6-11-4-5-13(8)19(17,18)10-3-2-9(7-12-10)14(15)16/h2-3,7-8,11H,4-6H2,1H3/t8-/m0/s1. The van der Waals surface area contributed by atoms with Gasteiger partial charge in [-0.25, -0.2) is 13.4 Å². The average molecular weight is 286 g/mol. The first kappa shape index (κ1) is 13.8. The van der Waals surface area contributed by atoms with E-state index in [1.807, 2.05) is 0 Å². The summed E-state index contributed by atoms with van der Waals surface area (Å²) in [4.78, 5) is 13.6. The molecule has 2 rings (SSSR count). The van der Waals surface area contributed by atoms with E-state index in [2.05, 4.69) is 10.3 Å². The van der Waals surface area contributed by atoms with Gasteiger partial charge in [-0.15, -0.1) is 0 Å². The molecule has 1 atom stereocenters. The minimum Gasteiger partial charge on any atom is -0.314 e. The van der Waals surface area contributed by atoms with Crippen LogP contribution >= 0.6 is 0 Å². The van der Waals surface area contributed by atoms with E-state index in [0.29, 0.717) is 19.6 Å². The molecule has 0 unspecified atom stereocenters. The number of piperazine rings is 1. The number of pyridine rings is 1. The molecule has 1 aliphatic rings. The number of rotatable bonds is 3. The molecule has 0 spiro atoms. The fourth-order valence-corrected chi connectivity index (χ4v) is 3.48. The Balaban J connectivity index is 2.30. The molecule has 1 saturated heterocycles. The summed E-state index contributed by atoms with van der Waals surface area (Å²) in [5.74, 6) is 0. The molecule has 1 aliphatic heterocycles. The van der Waals surface area contributed by atoms with Gasteiger partial charge in [0, 0.05) is 31.7 Å². The number of nitrogens with one attached hydrogen (secondary N) is 1. The molecule has 0 aromatic carbocycles. The van der Waals surface area contributed by atoms with Gasteiger partial charge in [-0.3, -0.25) is 10.1 Å². The third kappa shape index (κ3) is 2.72. The van der Waals surface area contributed by atoms with Crippen molar-refractivity contribution in [3.8, 4) is 0 Å². The first-order valence-corrected chi connectivity index (χ1v) is 7.20. The Morgan fingerprint density at radius 1 is 1.53 bits per heavy atom. The molecule has 104 valence electrons. The lowest BCUT2D eigenvalue weighted by molar-refractivity contribution is -0.385. The van der Waals surface area contributed by atoms with Crippen LogP contribution in [0.15, 0.2) is 23.4 Å². The summed E-state index contributed by atoms with van der Waals surface area (Å²) in [5, 5.41) is 13.4. The summed E-state index contributed by atoms with van der Waals surface area (Å²) >= 11 is 0. The van der Waals surface area contributed by atoms with Crippen LogP contribution in [0, 0.1) is 10.1 Å². The summed E-state index contributed by atoms with van der Waals surface area (Å²) in [6, 6.07) is 2.14. The second kappa shape index (κ2) is 5.19. The van der Waals surface area contributed by atoms with E-state index in [1.165, 1.54) is 10.4 Å². The number of nitro groups is 1. The lowest BCUT2D eigenvalue weighted by atomic mass is 10.3. The summed E-state index contributed by atoms with van der Waals surface area (Å²) in [6.07, 6.45) is 0.958. The summed E-state index contributed by atoms with van der Waals surface area (Å²) in [5.41, 5.74) is -0.229. The monoisotopic (exact) mass is 286 g/mol. The molecule has 1 fully saturated rings. The predicted octanol–water partition coefficient (Wildman–Crippen LogP) is -0.0278. The molecule has 0 radical (unpaired) electrons. The maximum atomic E-state index is 12.3. The molecule has 1 N–H and O–H groups in total. The highest BCUT2D eigenvalue weighted by Crippen LogP contribution is 2.19. The first-order valence-electron chi connectivity index (χ1n) is 5.76. The summed E-state index contributed by atoms with van der Waals surface area (Å²) in [7, 11) is -3.69. The van der Waals surface area contributed by atoms with Crippen LogP contribution in [-0.2, 0) is 10.0 Å². The zero-order valence-corrected chi connectivity index (χ0v) is 11.1. The van der Waals surface area contributed by atoms with Gasteiger partial charge < -0.3 is 5.32 Å². The molecule has 19 heavy (non-hydrogen) atoms. The number of nitrogens with zero attached hydrogens (tertiary/aromatic N) is 3. The lowest BCUT2D eigenvalue weighted by Crippen LogP contribution is -2.52. The van der Waals surface area contributed by atoms with E-state index >= 15 is 0 Å². The maximum Gasteiger partial charge on any atom is 0.287 e. The Labute approximate surface area is 110 Å². The number of sulfonamides is 1. The van der Waals surface area contributed by atoms with Crippen molar-refractivity contribution in [2.24, 2.45) is 0 Å². The Morgan fingerprint density at radius 3 is 2.79 bits per heavy atom. The molecule has 8 nitrogen and oxygen atoms in total. The van der Waals surface area contributed by atoms with Gasteiger partial charge in [-0.2, -0.15) is 4.31 Å². The van der Waals surface area contributed by atoms with Crippen molar-refractivity contribution in [3.05, 3.63) is 28.4 Å². The van der Waals surface area contributed by atoms with Crippen molar-refractivity contribution in [1.82, 2.24) is 14.6 Å². The Kier molecular flexibility index (Phi) is 3.78. The first-order chi connectivity index (χ1) is 8.93. The fourth-order valence-electron chi connectivity index (χ4n) is 1.93. The largest absolute Gasteiger partial charge is 0.314 e. The Bertz CT molecular complexity index is 572. The summed E-state index contributed by atoms with van der Waals surface area (Å²) in [6.45, 7) is 3.32. The second-order valence-electron chi connectivity index (χ2n) is 4.28. The van der Waals surface area contributed by atoms with Crippen molar-refractivity contribution in [3.63, 3.8) is 0 Å². The van der Waals surface area contributed by atoms with Crippen LogP contribution < -0.4 is 5.32 Å². The number of hydrogen-bond acceptors (Lipinski definition) is 6. The van der Waals surface area contributed by atoms with E-state index in [-0.39, 0.29) is 16.8 Å². The minimum absolute atomic E-state index is 0.160. The van der Waals surface area contributed by atoms with E-state index < -0.39 is 14.9 Å². The molecule has 9 heteroatoms. The van der Waals surface area contributed by atoms with Crippen molar-refractivity contribution in [1.29, 1.82) is 0 Å². The molecule has 0 amide bonds. The predicted molar refractivity (Wildman–Crippen MR) is 67.1 cm³/mol. The smallest absolute Gasteiger partial charge is 0.287 e. The fraction of sp³-hybridized carbons (Fsp3) is 0.500. The lowest BCUT2D eigenvalue weighted by Gasteiger charge is -2.32. The average Bonchev–Trinajstić information content (AvgIpc) is 2.39. The third-order valence-electron chi connectivity index (χ3n) is 2.94. The molecule has 0 saturated carbocycles. The van der Waals surface area contributed by atoms with Crippen LogP contribution in [0.3, 0.4) is 0 Å². The van der Waals surface area contributed by atoms with Gasteiger partial charge in [0.2, 0.25) is 0 Å². The highest BCUT2D eigenvalue weighted by molar-refractivity contribution is 7.89. The van der Waals surface area contributed by atoms with Gasteiger partial charge in [0.15, 0.2) is 5.03 Å². The normalized spacial score (nSPS) is 21.2. The van der Waals surface area contributed by atoms with Crippen LogP contribution in [0.5, 0.6) is 0 Å². The highest BCUT2D eigenvalue weighted by Gasteiger charge is 2.32. The zero-order valence-electron chi connectivity index (χ0n) is 10.3. The quantitative estimate of drug-likeness (QED) is 0.618. The molecule has 0 aliphatic carbocycles. The van der Waals surface area contributed by atoms with Gasteiger partial charge in [-0.05, 0) is 13.0 Å². The van der Waals surface area contributed by atoms with Gasteiger partial charge in [0.1, 0.15) is 6.20 Å². The van der Waals surface area contributed by atoms with Crippen LogP contribution in [0.25, 0.3) is 0 Å². The van der Waals surface area contributed by atoms with Crippen LogP contribution in [0.4, 0.5) is 5.69 Å². The van der Waals surface area contributed by atoms with Crippen molar-refractivity contribution in [2.45, 2.75) is 18.0 Å². The van der Waals surface area contributed by atoms with Crippen LogP contribution in [0.2, 0.25) is 0 Å². The summed E-state index contributed by atoms with van der Waals surface area (Å²) < 4.78 is 26.0. The third-order valence-corrected chi connectivity index (χ3v) is 4.87. The van der Waals surface area contributed by atoms with E-state index in [1.54, 1.807) is 6.92 Å². The molecular weight excluding hydrogens is 272 g/mol. The van der Waals surface area contributed by atoms with Gasteiger partial charge in [0.25, 0.3) is 15.7 Å². The SMILES string of the molecule is C[C@H]1CNCCN1S(=O)(=O)c1ccc([N+](=O)[O-])cn1. The van der Waals surface area contributed by atoms with Gasteiger partial charge >= 0.3 is 0 Å². The van der Waals surface area contributed by atoms with Crippen LogP contribution in [0.1, 0.15) is 6.92 Å². The van der Waals surface area contributed by atoms with Gasteiger partial charge in [0.05, 0.1) is 4.92 Å². The molecule has 2 heterocycles. The van der Waals surface area contributed by atoms with E-state index in [0.717, 1.165) is 12.3 Å². The van der Waals surface area contributed by atoms with E-state index in [4.69, 9.17) is 0 Å². The minimum atomic E-state index is -3.69. The molecule has 1 aromatic heterocycles. The van der Waals surface area contributed by atoms with Gasteiger partial charge in [-0.1, -0.05) is 0 Å². The van der Waals surface area contributed by atoms with E-state index in [9.17, 15) is 18.5 Å². The topological polar surface area (TPSA) is 105 Å². The highest BCUT2D eigenvalue weighted by atomic mass is 32.2. The number of aromatic nitrogens is 1. The maximum absolute atomic E-state index is 12.3. The zero-order chi connectivity index (χ0) is 14.0. The van der Waals surface area contributed by atoms with Crippen molar-refractivity contribution >= 4 is 15.7 Å². The molecular formula is C10H14N4O4S.